The number of ether oxygens (including phenoxy) is 3. The molecule has 1 saturated heterocycles. The van der Waals surface area contributed by atoms with Crippen molar-refractivity contribution in [1.82, 2.24) is 24.7 Å². The highest BCUT2D eigenvalue weighted by atomic mass is 35.5. The first kappa shape index (κ1) is 23.4. The first-order chi connectivity index (χ1) is 15.9. The topological polar surface area (TPSA) is 118 Å². The number of aryl methyl sites for hydroxylation is 1. The van der Waals surface area contributed by atoms with Crippen molar-refractivity contribution in [2.75, 3.05) is 26.6 Å². The van der Waals surface area contributed by atoms with Gasteiger partial charge in [0.1, 0.15) is 34.9 Å². The van der Waals surface area contributed by atoms with Gasteiger partial charge in [0.25, 0.3) is 0 Å². The standard InChI is InChI=1S/C21H24ClN5O5S/c1-30-15-5-3-6-16(31-2)20(15)27-19(25-26-21(27)17-7-4-9-32-17)13-33(28,29)10-8-18-23-11-14(22)12-24-18/h3,5-6,11-12,17H,4,7-10,13H2,1-2H3/t17-/m1/s1. The van der Waals surface area contributed by atoms with Crippen LogP contribution >= 0.6 is 11.6 Å². The van der Waals surface area contributed by atoms with E-state index in [9.17, 15) is 8.42 Å². The summed E-state index contributed by atoms with van der Waals surface area (Å²) in [6.45, 7) is 0.606. The van der Waals surface area contributed by atoms with Gasteiger partial charge in [0, 0.05) is 25.4 Å². The SMILES string of the molecule is COc1cccc(OC)c1-n1c(CS(=O)(=O)CCc2ncc(Cl)cn2)nnc1[C@H]1CCCO1. The lowest BCUT2D eigenvalue weighted by Gasteiger charge is -2.19. The van der Waals surface area contributed by atoms with Crippen LogP contribution in [0.5, 0.6) is 11.5 Å². The van der Waals surface area contributed by atoms with Gasteiger partial charge in [-0.15, -0.1) is 10.2 Å². The van der Waals surface area contributed by atoms with Gasteiger partial charge in [0.15, 0.2) is 21.5 Å². The zero-order valence-electron chi connectivity index (χ0n) is 18.3. The van der Waals surface area contributed by atoms with Gasteiger partial charge < -0.3 is 14.2 Å². The molecule has 1 aliphatic rings. The summed E-state index contributed by atoms with van der Waals surface area (Å²) in [5, 5.41) is 8.94. The predicted molar refractivity (Wildman–Crippen MR) is 121 cm³/mol. The molecular weight excluding hydrogens is 470 g/mol. The van der Waals surface area contributed by atoms with Crippen molar-refractivity contribution in [2.24, 2.45) is 0 Å². The molecule has 1 atom stereocenters. The van der Waals surface area contributed by atoms with Crippen molar-refractivity contribution in [3.05, 3.63) is 53.1 Å². The highest BCUT2D eigenvalue weighted by molar-refractivity contribution is 7.90. The van der Waals surface area contributed by atoms with Crippen LogP contribution in [0.3, 0.4) is 0 Å². The summed E-state index contributed by atoms with van der Waals surface area (Å²) in [7, 11) is -0.504. The number of halogens is 1. The number of sulfone groups is 1. The van der Waals surface area contributed by atoms with Crippen LogP contribution in [0.25, 0.3) is 5.69 Å². The second-order valence-corrected chi connectivity index (χ2v) is 10.1. The highest BCUT2D eigenvalue weighted by Gasteiger charge is 2.30. The largest absolute Gasteiger partial charge is 0.494 e. The maximum Gasteiger partial charge on any atom is 0.167 e. The highest BCUT2D eigenvalue weighted by Crippen LogP contribution is 2.37. The van der Waals surface area contributed by atoms with E-state index in [1.54, 1.807) is 22.8 Å². The molecule has 33 heavy (non-hydrogen) atoms. The molecule has 3 aromatic rings. The molecule has 0 radical (unpaired) electrons. The van der Waals surface area contributed by atoms with E-state index in [0.29, 0.717) is 40.5 Å². The molecule has 1 aliphatic heterocycles. The van der Waals surface area contributed by atoms with Gasteiger partial charge >= 0.3 is 0 Å². The maximum atomic E-state index is 13.0. The molecule has 0 bridgehead atoms. The number of hydrogen-bond acceptors (Lipinski definition) is 9. The maximum absolute atomic E-state index is 13.0. The van der Waals surface area contributed by atoms with Gasteiger partial charge in [-0.1, -0.05) is 17.7 Å². The van der Waals surface area contributed by atoms with E-state index in [1.165, 1.54) is 26.6 Å². The molecule has 1 fully saturated rings. The fourth-order valence-electron chi connectivity index (χ4n) is 3.69. The van der Waals surface area contributed by atoms with E-state index in [0.717, 1.165) is 12.8 Å². The first-order valence-corrected chi connectivity index (χ1v) is 12.6. The van der Waals surface area contributed by atoms with Gasteiger partial charge in [-0.05, 0) is 25.0 Å². The third-order valence-electron chi connectivity index (χ3n) is 5.26. The fourth-order valence-corrected chi connectivity index (χ4v) is 5.01. The summed E-state index contributed by atoms with van der Waals surface area (Å²) in [5.74, 6) is 1.68. The molecule has 0 aliphatic carbocycles. The summed E-state index contributed by atoms with van der Waals surface area (Å²) < 4.78 is 44.6. The van der Waals surface area contributed by atoms with Gasteiger partial charge in [-0.25, -0.2) is 18.4 Å². The molecule has 10 nitrogen and oxygen atoms in total. The van der Waals surface area contributed by atoms with Crippen LogP contribution in [0.1, 0.15) is 36.4 Å². The summed E-state index contributed by atoms with van der Waals surface area (Å²) in [4.78, 5) is 8.13. The Kier molecular flexibility index (Phi) is 7.11. The Morgan fingerprint density at radius 2 is 1.85 bits per heavy atom. The van der Waals surface area contributed by atoms with Crippen molar-refractivity contribution in [3.63, 3.8) is 0 Å². The van der Waals surface area contributed by atoms with Crippen LogP contribution in [0.4, 0.5) is 0 Å². The van der Waals surface area contributed by atoms with E-state index in [-0.39, 0.29) is 29.9 Å². The minimum absolute atomic E-state index is 0.153. The van der Waals surface area contributed by atoms with Crippen molar-refractivity contribution in [3.8, 4) is 17.2 Å². The van der Waals surface area contributed by atoms with E-state index in [1.807, 2.05) is 0 Å². The second kappa shape index (κ2) is 10.0. The number of para-hydroxylation sites is 1. The normalized spacial score (nSPS) is 16.2. The number of hydrogen-bond donors (Lipinski definition) is 0. The van der Waals surface area contributed by atoms with E-state index < -0.39 is 9.84 Å². The summed E-state index contributed by atoms with van der Waals surface area (Å²) in [6, 6.07) is 5.33. The number of nitrogens with zero attached hydrogens (tertiary/aromatic N) is 5. The Hall–Kier alpha value is -2.76. The molecule has 2 aromatic heterocycles. The van der Waals surface area contributed by atoms with Crippen molar-refractivity contribution in [1.29, 1.82) is 0 Å². The number of benzene rings is 1. The number of aromatic nitrogens is 5. The predicted octanol–water partition coefficient (Wildman–Crippen LogP) is 2.74. The molecule has 0 amide bonds. The van der Waals surface area contributed by atoms with Crippen LogP contribution in [0.2, 0.25) is 5.02 Å². The van der Waals surface area contributed by atoms with Gasteiger partial charge in [0.2, 0.25) is 0 Å². The van der Waals surface area contributed by atoms with Crippen LogP contribution in [-0.4, -0.2) is 59.7 Å². The zero-order chi connectivity index (χ0) is 23.4. The van der Waals surface area contributed by atoms with Crippen molar-refractivity contribution < 1.29 is 22.6 Å². The smallest absolute Gasteiger partial charge is 0.167 e. The van der Waals surface area contributed by atoms with Gasteiger partial charge in [-0.2, -0.15) is 0 Å². The van der Waals surface area contributed by atoms with Crippen molar-refractivity contribution in [2.45, 2.75) is 31.1 Å². The Morgan fingerprint density at radius 1 is 1.15 bits per heavy atom. The molecule has 0 N–H and O–H groups in total. The van der Waals surface area contributed by atoms with Crippen LogP contribution in [0.15, 0.2) is 30.6 Å². The van der Waals surface area contributed by atoms with Crippen molar-refractivity contribution >= 4 is 21.4 Å². The first-order valence-electron chi connectivity index (χ1n) is 10.4. The summed E-state index contributed by atoms with van der Waals surface area (Å²) in [6.07, 6.45) is 4.38. The van der Waals surface area contributed by atoms with Gasteiger partial charge in [0.05, 0.1) is 25.0 Å². The average molecular weight is 494 g/mol. The summed E-state index contributed by atoms with van der Waals surface area (Å²) >= 11 is 5.80. The quantitative estimate of drug-likeness (QED) is 0.443. The monoisotopic (exact) mass is 493 g/mol. The lowest BCUT2D eigenvalue weighted by molar-refractivity contribution is 0.103. The lowest BCUT2D eigenvalue weighted by Crippen LogP contribution is -2.17. The third kappa shape index (κ3) is 5.26. The molecule has 0 spiro atoms. The second-order valence-electron chi connectivity index (χ2n) is 7.48. The number of methoxy groups -OCH3 is 2. The third-order valence-corrected chi connectivity index (χ3v) is 6.98. The van der Waals surface area contributed by atoms with Crippen LogP contribution in [0, 0.1) is 0 Å². The van der Waals surface area contributed by atoms with E-state index in [2.05, 4.69) is 20.2 Å². The Morgan fingerprint density at radius 3 is 2.45 bits per heavy atom. The molecule has 0 unspecified atom stereocenters. The molecule has 176 valence electrons. The molecule has 0 saturated carbocycles. The Labute approximate surface area is 196 Å². The Bertz CT molecular complexity index is 1190. The zero-order valence-corrected chi connectivity index (χ0v) is 19.8. The molecule has 12 heteroatoms. The van der Waals surface area contributed by atoms with Crippen LogP contribution < -0.4 is 9.47 Å². The van der Waals surface area contributed by atoms with E-state index in [4.69, 9.17) is 25.8 Å². The molecule has 1 aromatic carbocycles. The lowest BCUT2D eigenvalue weighted by atomic mass is 10.2. The fraction of sp³-hybridized carbons (Fsp3) is 0.429. The number of rotatable bonds is 9. The van der Waals surface area contributed by atoms with Crippen LogP contribution in [-0.2, 0) is 26.7 Å². The minimum Gasteiger partial charge on any atom is -0.494 e. The minimum atomic E-state index is -3.58. The van der Waals surface area contributed by atoms with E-state index >= 15 is 0 Å². The summed E-state index contributed by atoms with van der Waals surface area (Å²) in [5.41, 5.74) is 0.532. The average Bonchev–Trinajstić information content (AvgIpc) is 3.48. The Balaban J connectivity index is 1.70. The van der Waals surface area contributed by atoms with Gasteiger partial charge in [-0.3, -0.25) is 4.57 Å². The molecule has 4 rings (SSSR count). The molecular formula is C21H24ClN5O5S. The molecule has 3 heterocycles.